The molecule has 0 aliphatic heterocycles. The molecule has 0 radical (unpaired) electrons. The molecule has 1 spiro atoms. The van der Waals surface area contributed by atoms with Crippen LogP contribution in [0.5, 0.6) is 0 Å². The number of fused-ring (bicyclic) bond motifs is 1. The molecule has 5 unspecified atom stereocenters. The first kappa shape index (κ1) is 7.49. The van der Waals surface area contributed by atoms with Gasteiger partial charge in [-0.3, -0.25) is 4.79 Å². The Morgan fingerprint density at radius 3 is 2.79 bits per heavy atom. The molecule has 4 aliphatic rings. The van der Waals surface area contributed by atoms with Gasteiger partial charge < -0.3 is 5.11 Å². The highest BCUT2D eigenvalue weighted by molar-refractivity contribution is 5.99. The van der Waals surface area contributed by atoms with Crippen molar-refractivity contribution in [3.63, 3.8) is 0 Å². The summed E-state index contributed by atoms with van der Waals surface area (Å²) in [4.78, 5) is 11.9. The number of carbonyl (C=O) groups excluding carboxylic acids is 1. The molecule has 2 heteroatoms. The first-order valence-electron chi connectivity index (χ1n) is 5.66. The third kappa shape index (κ3) is 0.503. The minimum absolute atomic E-state index is 0.260. The standard InChI is InChI=1S/C12H14O2/c13-5-9-10-3-8-2-7-1-6(11(9)14)4-12(7,8)10/h5-8,10,13H,1-4H2/b9-5+. The van der Waals surface area contributed by atoms with Gasteiger partial charge in [-0.15, -0.1) is 0 Å². The van der Waals surface area contributed by atoms with E-state index in [4.69, 9.17) is 5.11 Å². The molecule has 4 fully saturated rings. The van der Waals surface area contributed by atoms with Gasteiger partial charge in [0.05, 0.1) is 6.26 Å². The molecule has 0 aromatic heterocycles. The summed E-state index contributed by atoms with van der Waals surface area (Å²) in [5.74, 6) is 2.67. The van der Waals surface area contributed by atoms with Gasteiger partial charge in [0.2, 0.25) is 0 Å². The molecule has 0 saturated heterocycles. The first-order chi connectivity index (χ1) is 6.77. The molecular formula is C12H14O2. The van der Waals surface area contributed by atoms with E-state index in [1.54, 1.807) is 0 Å². The van der Waals surface area contributed by atoms with Gasteiger partial charge in [0, 0.05) is 11.5 Å². The zero-order valence-corrected chi connectivity index (χ0v) is 8.07. The van der Waals surface area contributed by atoms with Gasteiger partial charge in [-0.25, -0.2) is 0 Å². The maximum Gasteiger partial charge on any atom is 0.165 e. The molecular weight excluding hydrogens is 176 g/mol. The zero-order valence-electron chi connectivity index (χ0n) is 8.07. The molecule has 74 valence electrons. The number of rotatable bonds is 0. The zero-order chi connectivity index (χ0) is 9.50. The number of Topliss-reactive ketones (excluding diaryl/α,β-unsaturated/α-hetero) is 1. The fourth-order valence-electron chi connectivity index (χ4n) is 5.01. The Kier molecular flexibility index (Phi) is 1.03. The summed E-state index contributed by atoms with van der Waals surface area (Å²) < 4.78 is 0. The molecule has 2 bridgehead atoms. The van der Waals surface area contributed by atoms with Gasteiger partial charge in [0.15, 0.2) is 5.78 Å². The summed E-state index contributed by atoms with van der Waals surface area (Å²) >= 11 is 0. The number of hydrogen-bond acceptors (Lipinski definition) is 2. The average Bonchev–Trinajstić information content (AvgIpc) is 2.54. The summed E-state index contributed by atoms with van der Waals surface area (Å²) in [6.07, 6.45) is 5.89. The van der Waals surface area contributed by atoms with E-state index in [1.165, 1.54) is 12.8 Å². The molecule has 4 saturated carbocycles. The van der Waals surface area contributed by atoms with Crippen molar-refractivity contribution in [2.24, 2.45) is 29.1 Å². The van der Waals surface area contributed by atoms with Crippen molar-refractivity contribution in [1.29, 1.82) is 0 Å². The number of carbonyl (C=O) groups is 1. The van der Waals surface area contributed by atoms with Crippen molar-refractivity contribution in [2.45, 2.75) is 25.7 Å². The van der Waals surface area contributed by atoms with Gasteiger partial charge >= 0.3 is 0 Å². The summed E-state index contributed by atoms with van der Waals surface area (Å²) in [5.41, 5.74) is 1.26. The second kappa shape index (κ2) is 1.93. The predicted molar refractivity (Wildman–Crippen MR) is 50.6 cm³/mol. The summed E-state index contributed by atoms with van der Waals surface area (Å²) in [5, 5.41) is 9.16. The van der Waals surface area contributed by atoms with Crippen LogP contribution in [0.3, 0.4) is 0 Å². The SMILES string of the molecule is O=C1/C(=C/O)C2CC3CC4CC1CC432. The second-order valence-electron chi connectivity index (χ2n) is 5.62. The van der Waals surface area contributed by atoms with Crippen molar-refractivity contribution in [1.82, 2.24) is 0 Å². The lowest BCUT2D eigenvalue weighted by Crippen LogP contribution is -2.62. The largest absolute Gasteiger partial charge is 0.515 e. The Hall–Kier alpha value is -0.790. The third-order valence-corrected chi connectivity index (χ3v) is 5.60. The van der Waals surface area contributed by atoms with Crippen molar-refractivity contribution in [3.8, 4) is 0 Å². The van der Waals surface area contributed by atoms with Crippen LogP contribution in [0.25, 0.3) is 0 Å². The Labute approximate surface area is 83.0 Å². The number of ketones is 1. The number of hydrogen-bond donors (Lipinski definition) is 1. The third-order valence-electron chi connectivity index (χ3n) is 5.60. The van der Waals surface area contributed by atoms with E-state index in [-0.39, 0.29) is 11.7 Å². The minimum atomic E-state index is 0.260. The Bertz CT molecular complexity index is 371. The minimum Gasteiger partial charge on any atom is -0.515 e. The smallest absolute Gasteiger partial charge is 0.165 e. The molecule has 4 rings (SSSR count). The van der Waals surface area contributed by atoms with Crippen LogP contribution >= 0.6 is 0 Å². The van der Waals surface area contributed by atoms with Crippen LogP contribution in [0.4, 0.5) is 0 Å². The Balaban J connectivity index is 1.87. The number of aliphatic hydroxyl groups is 1. The molecule has 5 atom stereocenters. The summed E-state index contributed by atoms with van der Waals surface area (Å²) in [7, 11) is 0. The summed E-state index contributed by atoms with van der Waals surface area (Å²) in [6, 6.07) is 0. The Morgan fingerprint density at radius 1 is 1.29 bits per heavy atom. The Morgan fingerprint density at radius 2 is 2.07 bits per heavy atom. The molecule has 4 aliphatic carbocycles. The average molecular weight is 190 g/mol. The summed E-state index contributed by atoms with van der Waals surface area (Å²) in [6.45, 7) is 0. The lowest BCUT2D eigenvalue weighted by Gasteiger charge is -2.67. The van der Waals surface area contributed by atoms with Crippen LogP contribution in [0, 0.1) is 29.1 Å². The lowest BCUT2D eigenvalue weighted by atomic mass is 9.36. The maximum atomic E-state index is 11.9. The van der Waals surface area contributed by atoms with Crippen molar-refractivity contribution < 1.29 is 9.90 Å². The molecule has 2 nitrogen and oxygen atoms in total. The molecule has 0 aromatic rings. The van der Waals surface area contributed by atoms with Crippen LogP contribution in [0.1, 0.15) is 25.7 Å². The molecule has 14 heavy (non-hydrogen) atoms. The highest BCUT2D eigenvalue weighted by atomic mass is 16.2. The first-order valence-corrected chi connectivity index (χ1v) is 5.66. The van der Waals surface area contributed by atoms with Crippen molar-refractivity contribution in [2.75, 3.05) is 0 Å². The highest BCUT2D eigenvalue weighted by Gasteiger charge is 2.73. The van der Waals surface area contributed by atoms with Crippen LogP contribution in [-0.2, 0) is 4.79 Å². The van der Waals surface area contributed by atoms with Crippen LogP contribution in [-0.4, -0.2) is 10.9 Å². The van der Waals surface area contributed by atoms with E-state index >= 15 is 0 Å². The number of aliphatic hydroxyl groups excluding tert-OH is 1. The quantitative estimate of drug-likeness (QED) is 0.469. The van der Waals surface area contributed by atoms with Crippen LogP contribution in [0.15, 0.2) is 11.8 Å². The van der Waals surface area contributed by atoms with Gasteiger partial charge in [-0.2, -0.15) is 0 Å². The maximum absolute atomic E-state index is 11.9. The monoisotopic (exact) mass is 190 g/mol. The molecule has 0 aromatic carbocycles. The lowest BCUT2D eigenvalue weighted by molar-refractivity contribution is -0.173. The van der Waals surface area contributed by atoms with E-state index < -0.39 is 0 Å². The molecule has 0 amide bonds. The van der Waals surface area contributed by atoms with Crippen LogP contribution < -0.4 is 0 Å². The topological polar surface area (TPSA) is 37.3 Å². The fraction of sp³-hybridized carbons (Fsp3) is 0.750. The fourth-order valence-corrected chi connectivity index (χ4v) is 5.01. The van der Waals surface area contributed by atoms with Crippen molar-refractivity contribution >= 4 is 5.78 Å². The molecule has 1 N–H and O–H groups in total. The van der Waals surface area contributed by atoms with E-state index in [0.29, 0.717) is 11.3 Å². The van der Waals surface area contributed by atoms with E-state index in [2.05, 4.69) is 0 Å². The second-order valence-corrected chi connectivity index (χ2v) is 5.62. The van der Waals surface area contributed by atoms with E-state index in [1.807, 2.05) is 0 Å². The normalized spacial score (nSPS) is 60.6. The predicted octanol–water partition coefficient (Wildman–Crippen LogP) is 2.06. The van der Waals surface area contributed by atoms with Gasteiger partial charge in [-0.05, 0) is 48.9 Å². The van der Waals surface area contributed by atoms with E-state index in [0.717, 1.165) is 36.5 Å². The van der Waals surface area contributed by atoms with Crippen molar-refractivity contribution in [3.05, 3.63) is 11.8 Å². The van der Waals surface area contributed by atoms with Gasteiger partial charge in [-0.1, -0.05) is 0 Å². The van der Waals surface area contributed by atoms with Gasteiger partial charge in [0.1, 0.15) is 0 Å². The number of allylic oxidation sites excluding steroid dienone is 1. The van der Waals surface area contributed by atoms with E-state index in [9.17, 15) is 4.79 Å². The van der Waals surface area contributed by atoms with Gasteiger partial charge in [0.25, 0.3) is 0 Å². The molecule has 0 heterocycles. The van der Waals surface area contributed by atoms with Crippen LogP contribution in [0.2, 0.25) is 0 Å². The highest BCUT2D eigenvalue weighted by Crippen LogP contribution is 2.79.